The summed E-state index contributed by atoms with van der Waals surface area (Å²) < 4.78 is 0. The van der Waals surface area contributed by atoms with Crippen molar-refractivity contribution in [1.82, 2.24) is 15.1 Å². The Balaban J connectivity index is 0.00000420. The van der Waals surface area contributed by atoms with E-state index in [1.165, 1.54) is 11.1 Å². The molecule has 1 fully saturated rings. The maximum atomic E-state index is 11.3. The summed E-state index contributed by atoms with van der Waals surface area (Å²) >= 11 is 0. The van der Waals surface area contributed by atoms with E-state index in [0.717, 1.165) is 44.9 Å². The molecule has 1 aromatic rings. The third-order valence-corrected chi connectivity index (χ3v) is 5.45. The number of nitrogens with zero attached hydrogens (tertiary/aromatic N) is 3. The summed E-state index contributed by atoms with van der Waals surface area (Å²) in [7, 11) is 4.20. The third kappa shape index (κ3) is 8.12. The number of piperidine rings is 1. The number of carbonyl (C=O) groups is 1. The summed E-state index contributed by atoms with van der Waals surface area (Å²) in [6, 6.07) is 9.08. The van der Waals surface area contributed by atoms with E-state index in [9.17, 15) is 4.79 Å². The lowest BCUT2D eigenvalue weighted by molar-refractivity contribution is -0.119. The van der Waals surface area contributed by atoms with Gasteiger partial charge in [0.25, 0.3) is 0 Å². The maximum absolute atomic E-state index is 11.3. The summed E-state index contributed by atoms with van der Waals surface area (Å²) in [5.41, 5.74) is 8.05. The minimum Gasteiger partial charge on any atom is -0.370 e. The Morgan fingerprint density at radius 2 is 2.00 bits per heavy atom. The van der Waals surface area contributed by atoms with Gasteiger partial charge in [-0.25, -0.2) is 0 Å². The van der Waals surface area contributed by atoms with Crippen LogP contribution in [0.5, 0.6) is 0 Å². The number of rotatable bonds is 8. The van der Waals surface area contributed by atoms with Gasteiger partial charge in [0, 0.05) is 26.1 Å². The second-order valence-corrected chi connectivity index (χ2v) is 7.89. The quantitative estimate of drug-likeness (QED) is 0.317. The Labute approximate surface area is 193 Å². The van der Waals surface area contributed by atoms with Crippen molar-refractivity contribution in [2.24, 2.45) is 16.6 Å². The van der Waals surface area contributed by atoms with Gasteiger partial charge in [-0.05, 0) is 57.3 Å². The Bertz CT molecular complexity index is 647. The number of aliphatic imine (C=N–C) groups is 1. The van der Waals surface area contributed by atoms with Gasteiger partial charge in [0.2, 0.25) is 5.91 Å². The highest BCUT2D eigenvalue weighted by Crippen LogP contribution is 2.22. The smallest absolute Gasteiger partial charge is 0.217 e. The number of halogens is 1. The van der Waals surface area contributed by atoms with Crippen LogP contribution in [0.4, 0.5) is 0 Å². The van der Waals surface area contributed by atoms with Gasteiger partial charge in [-0.15, -0.1) is 24.0 Å². The first-order valence-electron chi connectivity index (χ1n) is 10.5. The number of guanidine groups is 1. The van der Waals surface area contributed by atoms with Crippen LogP contribution in [0, 0.1) is 5.92 Å². The van der Waals surface area contributed by atoms with Crippen molar-refractivity contribution in [2.75, 3.05) is 40.3 Å². The van der Waals surface area contributed by atoms with Crippen molar-refractivity contribution >= 4 is 35.8 Å². The number of primary amides is 1. The van der Waals surface area contributed by atoms with Gasteiger partial charge in [-0.3, -0.25) is 9.79 Å². The lowest BCUT2D eigenvalue weighted by atomic mass is 9.95. The lowest BCUT2D eigenvalue weighted by Gasteiger charge is -2.35. The van der Waals surface area contributed by atoms with E-state index >= 15 is 0 Å². The normalized spacial score (nSPS) is 18.3. The van der Waals surface area contributed by atoms with E-state index in [4.69, 9.17) is 10.7 Å². The molecule has 0 spiro atoms. The van der Waals surface area contributed by atoms with Crippen molar-refractivity contribution in [3.05, 3.63) is 35.4 Å². The van der Waals surface area contributed by atoms with Gasteiger partial charge < -0.3 is 20.9 Å². The van der Waals surface area contributed by atoms with E-state index in [1.807, 2.05) is 0 Å². The van der Waals surface area contributed by atoms with Crippen molar-refractivity contribution < 1.29 is 4.79 Å². The molecule has 1 amide bonds. The molecule has 3 N–H and O–H groups in total. The standard InChI is InChI=1S/C22H37N5O.HI/c1-5-17-9-11-19(12-10-17)20(26(3)4)15-25-22(24-6-2)27-13-7-8-18(16-27)14-21(23)28;/h9-12,18,20H,5-8,13-16H2,1-4H3,(H2,23,28)(H,24,25);1H. The number of aryl methyl sites for hydroxylation is 1. The molecule has 1 aliphatic rings. The molecule has 0 bridgehead atoms. The Morgan fingerprint density at radius 3 is 2.55 bits per heavy atom. The highest BCUT2D eigenvalue weighted by Gasteiger charge is 2.24. The number of hydrogen-bond acceptors (Lipinski definition) is 3. The highest BCUT2D eigenvalue weighted by atomic mass is 127. The predicted molar refractivity (Wildman–Crippen MR) is 132 cm³/mol. The molecule has 1 saturated heterocycles. The molecule has 1 aliphatic heterocycles. The molecule has 1 heterocycles. The Morgan fingerprint density at radius 1 is 1.31 bits per heavy atom. The molecule has 0 radical (unpaired) electrons. The van der Waals surface area contributed by atoms with Crippen LogP contribution in [0.1, 0.15) is 50.3 Å². The molecule has 6 nitrogen and oxygen atoms in total. The second-order valence-electron chi connectivity index (χ2n) is 7.89. The first kappa shape index (κ1) is 25.7. The van der Waals surface area contributed by atoms with Crippen molar-refractivity contribution in [3.8, 4) is 0 Å². The van der Waals surface area contributed by atoms with Crippen LogP contribution in [0.25, 0.3) is 0 Å². The first-order valence-corrected chi connectivity index (χ1v) is 10.5. The fraction of sp³-hybridized carbons (Fsp3) is 0.636. The number of hydrogen-bond donors (Lipinski definition) is 2. The fourth-order valence-electron chi connectivity index (χ4n) is 3.85. The number of benzene rings is 1. The minimum atomic E-state index is -0.211. The van der Waals surface area contributed by atoms with Crippen LogP contribution >= 0.6 is 24.0 Å². The van der Waals surface area contributed by atoms with Gasteiger partial charge in [0.05, 0.1) is 12.6 Å². The first-order chi connectivity index (χ1) is 13.4. The summed E-state index contributed by atoms with van der Waals surface area (Å²) in [4.78, 5) is 20.8. The molecule has 7 heteroatoms. The molecular formula is C22H38IN5O. The SMILES string of the molecule is CCNC(=NCC(c1ccc(CC)cc1)N(C)C)N1CCCC(CC(N)=O)C1.I. The lowest BCUT2D eigenvalue weighted by Crippen LogP contribution is -2.47. The molecule has 29 heavy (non-hydrogen) atoms. The molecule has 2 rings (SSSR count). The van der Waals surface area contributed by atoms with Crippen LogP contribution in [-0.2, 0) is 11.2 Å². The number of nitrogens with one attached hydrogen (secondary N) is 1. The van der Waals surface area contributed by atoms with Gasteiger partial charge in [0.15, 0.2) is 5.96 Å². The third-order valence-electron chi connectivity index (χ3n) is 5.45. The summed E-state index contributed by atoms with van der Waals surface area (Å²) in [5, 5.41) is 3.43. The zero-order chi connectivity index (χ0) is 20.5. The van der Waals surface area contributed by atoms with Crippen molar-refractivity contribution in [1.29, 1.82) is 0 Å². The largest absolute Gasteiger partial charge is 0.370 e. The zero-order valence-electron chi connectivity index (χ0n) is 18.4. The maximum Gasteiger partial charge on any atom is 0.217 e. The molecule has 0 aromatic heterocycles. The van der Waals surface area contributed by atoms with Gasteiger partial charge in [-0.1, -0.05) is 31.2 Å². The number of amides is 1. The van der Waals surface area contributed by atoms with Gasteiger partial charge >= 0.3 is 0 Å². The molecule has 0 aliphatic carbocycles. The van der Waals surface area contributed by atoms with Crippen LogP contribution in [-0.4, -0.2) is 61.9 Å². The fourth-order valence-corrected chi connectivity index (χ4v) is 3.85. The van der Waals surface area contributed by atoms with E-state index in [0.29, 0.717) is 18.9 Å². The van der Waals surface area contributed by atoms with Crippen LogP contribution < -0.4 is 11.1 Å². The summed E-state index contributed by atoms with van der Waals surface area (Å²) in [6.45, 7) is 7.60. The summed E-state index contributed by atoms with van der Waals surface area (Å²) in [5.74, 6) is 1.05. The van der Waals surface area contributed by atoms with Crippen LogP contribution in [0.2, 0.25) is 0 Å². The van der Waals surface area contributed by atoms with Gasteiger partial charge in [-0.2, -0.15) is 0 Å². The molecule has 2 unspecified atom stereocenters. The second kappa shape index (κ2) is 13.1. The number of likely N-dealkylation sites (tertiary alicyclic amines) is 1. The average Bonchev–Trinajstić information content (AvgIpc) is 2.67. The van der Waals surface area contributed by atoms with E-state index < -0.39 is 0 Å². The number of nitrogens with two attached hydrogens (primary N) is 1. The molecule has 164 valence electrons. The topological polar surface area (TPSA) is 74.0 Å². The zero-order valence-corrected chi connectivity index (χ0v) is 20.7. The van der Waals surface area contributed by atoms with Crippen LogP contribution in [0.15, 0.2) is 29.3 Å². The van der Waals surface area contributed by atoms with Crippen LogP contribution in [0.3, 0.4) is 0 Å². The summed E-state index contributed by atoms with van der Waals surface area (Å²) in [6.07, 6.45) is 3.64. The average molecular weight is 515 g/mol. The van der Waals surface area contributed by atoms with E-state index in [2.05, 4.69) is 67.3 Å². The minimum absolute atomic E-state index is 0. The van der Waals surface area contributed by atoms with E-state index in [1.54, 1.807) is 0 Å². The molecule has 0 saturated carbocycles. The Hall–Kier alpha value is -1.35. The molecular weight excluding hydrogens is 477 g/mol. The Kier molecular flexibility index (Phi) is 11.6. The van der Waals surface area contributed by atoms with Crippen molar-refractivity contribution in [3.63, 3.8) is 0 Å². The molecule has 1 aromatic carbocycles. The van der Waals surface area contributed by atoms with Crippen molar-refractivity contribution in [2.45, 2.75) is 45.6 Å². The highest BCUT2D eigenvalue weighted by molar-refractivity contribution is 14.0. The number of likely N-dealkylation sites (N-methyl/N-ethyl adjacent to an activating group) is 1. The van der Waals surface area contributed by atoms with Gasteiger partial charge in [0.1, 0.15) is 0 Å². The van der Waals surface area contributed by atoms with E-state index in [-0.39, 0.29) is 35.9 Å². The predicted octanol–water partition coefficient (Wildman–Crippen LogP) is 3.02. The monoisotopic (exact) mass is 515 g/mol. The number of carbonyl (C=O) groups excluding carboxylic acids is 1. The molecule has 2 atom stereocenters.